The van der Waals surface area contributed by atoms with Crippen LogP contribution < -0.4 is 0 Å². The third-order valence-electron chi connectivity index (χ3n) is 4.78. The minimum atomic E-state index is -0.264. The quantitative estimate of drug-likeness (QED) is 0.586. The lowest BCUT2D eigenvalue weighted by Crippen LogP contribution is -2.17. The molecule has 0 amide bonds. The van der Waals surface area contributed by atoms with Crippen LogP contribution in [0.3, 0.4) is 0 Å². The molecule has 0 aliphatic heterocycles. The highest BCUT2D eigenvalue weighted by atomic mass is 35.5. The third kappa shape index (κ3) is 4.37. The lowest BCUT2D eigenvalue weighted by atomic mass is 9.83. The highest BCUT2D eigenvalue weighted by Crippen LogP contribution is 2.36. The number of carbonyl (C=O) groups excluding carboxylic acids is 1. The molecule has 3 nitrogen and oxygen atoms in total. The van der Waals surface area contributed by atoms with Gasteiger partial charge >= 0.3 is 0 Å². The van der Waals surface area contributed by atoms with Gasteiger partial charge < -0.3 is 10.0 Å². The number of hydrogen-bond acceptors (Lipinski definition) is 3. The molecule has 0 bridgehead atoms. The van der Waals surface area contributed by atoms with Crippen LogP contribution >= 0.6 is 12.4 Å². The first-order chi connectivity index (χ1) is 12.7. The van der Waals surface area contributed by atoms with E-state index in [1.54, 1.807) is 0 Å². The number of rotatable bonds is 4. The highest BCUT2D eigenvalue weighted by molar-refractivity contribution is 6.16. The number of nitrogens with zero attached hydrogens (tertiary/aromatic N) is 1. The van der Waals surface area contributed by atoms with Crippen molar-refractivity contribution >= 4 is 29.0 Å². The molecule has 0 spiro atoms. The summed E-state index contributed by atoms with van der Waals surface area (Å²) < 4.78 is 0. The van der Waals surface area contributed by atoms with E-state index in [0.29, 0.717) is 17.7 Å². The van der Waals surface area contributed by atoms with Gasteiger partial charge in [0.25, 0.3) is 0 Å². The molecule has 0 fully saturated rings. The average Bonchev–Trinajstić information content (AvgIpc) is 2.61. The summed E-state index contributed by atoms with van der Waals surface area (Å²) in [6, 6.07) is 17.4. The summed E-state index contributed by atoms with van der Waals surface area (Å²) in [7, 11) is 3.91. The van der Waals surface area contributed by atoms with Gasteiger partial charge in [-0.3, -0.25) is 4.79 Å². The van der Waals surface area contributed by atoms with Crippen LogP contribution in [0.5, 0.6) is 5.75 Å². The standard InChI is InChI=1S/C24H27NO2.ClH/c1-24(2,3)21-14-17(13-18(23(21)27)15-25(4)5)22(26)20-12-8-10-16-9-6-7-11-19(16)20;/h6-14,27H,15H2,1-5H3;1H. The lowest BCUT2D eigenvalue weighted by Gasteiger charge is -2.24. The Morgan fingerprint density at radius 1 is 1.00 bits per heavy atom. The molecule has 4 heteroatoms. The van der Waals surface area contributed by atoms with E-state index in [1.807, 2.05) is 94.4 Å². The lowest BCUT2D eigenvalue weighted by molar-refractivity contribution is 0.104. The maximum absolute atomic E-state index is 13.4. The second-order valence-electron chi connectivity index (χ2n) is 8.38. The van der Waals surface area contributed by atoms with Crippen LogP contribution in [0, 0.1) is 0 Å². The molecule has 148 valence electrons. The fraction of sp³-hybridized carbons (Fsp3) is 0.292. The molecule has 3 aromatic rings. The Labute approximate surface area is 173 Å². The Morgan fingerprint density at radius 3 is 2.29 bits per heavy atom. The smallest absolute Gasteiger partial charge is 0.193 e. The van der Waals surface area contributed by atoms with Crippen LogP contribution in [0.1, 0.15) is 47.8 Å². The number of carbonyl (C=O) groups is 1. The summed E-state index contributed by atoms with van der Waals surface area (Å²) in [6.07, 6.45) is 0. The van der Waals surface area contributed by atoms with Gasteiger partial charge in [0.05, 0.1) is 0 Å². The predicted octanol–water partition coefficient (Wildman–Crippen LogP) is 5.56. The summed E-state index contributed by atoms with van der Waals surface area (Å²) >= 11 is 0. The number of hydrogen-bond donors (Lipinski definition) is 1. The number of benzene rings is 3. The number of halogens is 1. The molecule has 0 heterocycles. The van der Waals surface area contributed by atoms with Gasteiger partial charge in [0.1, 0.15) is 5.75 Å². The van der Waals surface area contributed by atoms with Crippen molar-refractivity contribution in [2.75, 3.05) is 14.1 Å². The Balaban J connectivity index is 0.00000280. The van der Waals surface area contributed by atoms with Crippen LogP contribution in [-0.4, -0.2) is 29.9 Å². The normalized spacial score (nSPS) is 11.5. The Hall–Kier alpha value is -2.36. The van der Waals surface area contributed by atoms with Gasteiger partial charge in [-0.05, 0) is 42.4 Å². The largest absolute Gasteiger partial charge is 0.507 e. The third-order valence-corrected chi connectivity index (χ3v) is 4.78. The van der Waals surface area contributed by atoms with Crippen LogP contribution in [0.4, 0.5) is 0 Å². The molecule has 3 aromatic carbocycles. The molecule has 3 rings (SSSR count). The second-order valence-corrected chi connectivity index (χ2v) is 8.38. The first kappa shape index (κ1) is 21.9. The molecule has 1 N–H and O–H groups in total. The van der Waals surface area contributed by atoms with Gasteiger partial charge in [-0.1, -0.05) is 63.2 Å². The number of phenolic OH excluding ortho intramolecular Hbond substituents is 1. The fourth-order valence-corrected chi connectivity index (χ4v) is 3.44. The zero-order valence-corrected chi connectivity index (χ0v) is 17.9. The van der Waals surface area contributed by atoms with Crippen molar-refractivity contribution in [1.82, 2.24) is 4.90 Å². The maximum atomic E-state index is 13.4. The predicted molar refractivity (Wildman–Crippen MR) is 119 cm³/mol. The van der Waals surface area contributed by atoms with Crippen LogP contribution in [0.25, 0.3) is 10.8 Å². The zero-order valence-electron chi connectivity index (χ0n) is 17.1. The molecular weight excluding hydrogens is 370 g/mol. The highest BCUT2D eigenvalue weighted by Gasteiger charge is 2.24. The number of phenols is 1. The van der Waals surface area contributed by atoms with Crippen LogP contribution in [0.15, 0.2) is 54.6 Å². The van der Waals surface area contributed by atoms with Gasteiger partial charge in [0, 0.05) is 28.8 Å². The van der Waals surface area contributed by atoms with Gasteiger partial charge in [-0.25, -0.2) is 0 Å². The van der Waals surface area contributed by atoms with Crippen molar-refractivity contribution < 1.29 is 9.90 Å². The summed E-state index contributed by atoms with van der Waals surface area (Å²) in [6.45, 7) is 6.72. The molecule has 0 aliphatic rings. The van der Waals surface area contributed by atoms with Crippen molar-refractivity contribution in [1.29, 1.82) is 0 Å². The van der Waals surface area contributed by atoms with Crippen molar-refractivity contribution in [2.24, 2.45) is 0 Å². The SMILES string of the molecule is CN(C)Cc1cc(C(=O)c2cccc3ccccc23)cc(C(C)(C)C)c1O.Cl. The minimum Gasteiger partial charge on any atom is -0.507 e. The van der Waals surface area contributed by atoms with Gasteiger partial charge in [0.15, 0.2) is 5.78 Å². The van der Waals surface area contributed by atoms with E-state index in [2.05, 4.69) is 0 Å². The number of ketones is 1. The van der Waals surface area contributed by atoms with E-state index in [1.165, 1.54) is 0 Å². The molecular formula is C24H28ClNO2. The van der Waals surface area contributed by atoms with Crippen molar-refractivity contribution in [3.8, 4) is 5.75 Å². The molecule has 0 aromatic heterocycles. The summed E-state index contributed by atoms with van der Waals surface area (Å²) in [4.78, 5) is 15.4. The summed E-state index contributed by atoms with van der Waals surface area (Å²) in [5.41, 5.74) is 2.61. The van der Waals surface area contributed by atoms with E-state index in [4.69, 9.17) is 0 Å². The van der Waals surface area contributed by atoms with E-state index in [9.17, 15) is 9.90 Å². The maximum Gasteiger partial charge on any atom is 0.193 e. The minimum absolute atomic E-state index is 0. The van der Waals surface area contributed by atoms with E-state index in [0.717, 1.165) is 21.9 Å². The Kier molecular flexibility index (Phi) is 6.53. The van der Waals surface area contributed by atoms with E-state index in [-0.39, 0.29) is 29.4 Å². The topological polar surface area (TPSA) is 40.5 Å². The summed E-state index contributed by atoms with van der Waals surface area (Å²) in [5.74, 6) is 0.267. The Bertz CT molecular complexity index is 998. The second kappa shape index (κ2) is 8.34. The van der Waals surface area contributed by atoms with Gasteiger partial charge in [0.2, 0.25) is 0 Å². The molecule has 0 radical (unpaired) electrons. The first-order valence-electron chi connectivity index (χ1n) is 9.22. The van der Waals surface area contributed by atoms with Crippen molar-refractivity contribution in [3.63, 3.8) is 0 Å². The van der Waals surface area contributed by atoms with Crippen molar-refractivity contribution in [2.45, 2.75) is 32.7 Å². The fourth-order valence-electron chi connectivity index (χ4n) is 3.44. The first-order valence-corrected chi connectivity index (χ1v) is 9.22. The van der Waals surface area contributed by atoms with Crippen molar-refractivity contribution in [3.05, 3.63) is 76.9 Å². The molecule has 0 atom stereocenters. The van der Waals surface area contributed by atoms with Gasteiger partial charge in [-0.15, -0.1) is 12.4 Å². The Morgan fingerprint density at radius 2 is 1.64 bits per heavy atom. The van der Waals surface area contributed by atoms with E-state index >= 15 is 0 Å². The monoisotopic (exact) mass is 397 g/mol. The average molecular weight is 398 g/mol. The van der Waals surface area contributed by atoms with Gasteiger partial charge in [-0.2, -0.15) is 0 Å². The zero-order chi connectivity index (χ0) is 19.8. The van der Waals surface area contributed by atoms with Crippen LogP contribution in [0.2, 0.25) is 0 Å². The summed E-state index contributed by atoms with van der Waals surface area (Å²) in [5, 5.41) is 12.8. The molecule has 0 saturated carbocycles. The molecule has 28 heavy (non-hydrogen) atoms. The molecule has 0 unspecified atom stereocenters. The molecule has 0 aliphatic carbocycles. The number of aromatic hydroxyl groups is 1. The van der Waals surface area contributed by atoms with E-state index < -0.39 is 0 Å². The van der Waals surface area contributed by atoms with Crippen LogP contribution in [-0.2, 0) is 12.0 Å². The molecule has 0 saturated heterocycles. The number of fused-ring (bicyclic) bond motifs is 1.